The highest BCUT2D eigenvalue weighted by Crippen LogP contribution is 2.21. The van der Waals surface area contributed by atoms with E-state index < -0.39 is 0 Å². The molecular weight excluding hydrogens is 130 g/mol. The Bertz CT molecular complexity index is 191. The number of nitrogens with zero attached hydrogens (tertiary/aromatic N) is 1. The summed E-state index contributed by atoms with van der Waals surface area (Å²) >= 11 is 1.62. The second-order valence-electron chi connectivity index (χ2n) is 2.41. The number of hydrogen-bond acceptors (Lipinski definition) is 2. The summed E-state index contributed by atoms with van der Waals surface area (Å²) in [5.41, 5.74) is 4.01. The van der Waals surface area contributed by atoms with Gasteiger partial charge in [-0.1, -0.05) is 13.8 Å². The smallest absolute Gasteiger partial charge is 0.152 e. The molecule has 9 heavy (non-hydrogen) atoms. The molecule has 49 valence electrons. The van der Waals surface area contributed by atoms with Gasteiger partial charge in [-0.25, -0.2) is 4.98 Å². The zero-order valence-corrected chi connectivity index (χ0v) is 6.75. The molecule has 0 saturated carbocycles. The van der Waals surface area contributed by atoms with Crippen molar-refractivity contribution in [1.82, 2.24) is 4.98 Å². The predicted octanol–water partition coefficient (Wildman–Crippen LogP) is 2.38. The Hall–Kier alpha value is -0.370. The molecule has 0 amide bonds. The van der Waals surface area contributed by atoms with Crippen LogP contribution < -0.4 is 0 Å². The van der Waals surface area contributed by atoms with E-state index in [9.17, 15) is 0 Å². The summed E-state index contributed by atoms with van der Waals surface area (Å²) in [5.74, 6) is 0.605. The molecule has 0 spiro atoms. The molecule has 1 aromatic rings. The molecule has 0 aromatic carbocycles. The fourth-order valence-corrected chi connectivity index (χ4v) is 1.52. The first kappa shape index (κ1) is 6.75. The molecule has 2 heteroatoms. The molecule has 0 saturated heterocycles. The van der Waals surface area contributed by atoms with Crippen LogP contribution in [-0.4, -0.2) is 4.98 Å². The zero-order valence-electron chi connectivity index (χ0n) is 5.93. The monoisotopic (exact) mass is 140 g/mol. The average Bonchev–Trinajstić information content (AvgIpc) is 2.13. The third kappa shape index (κ3) is 1.30. The lowest BCUT2D eigenvalue weighted by atomic mass is 10.1. The summed E-state index contributed by atoms with van der Waals surface area (Å²) in [6, 6.07) is 0. The minimum Gasteiger partial charge on any atom is -0.239 e. The first-order valence-corrected chi connectivity index (χ1v) is 3.87. The van der Waals surface area contributed by atoms with E-state index in [1.54, 1.807) is 11.3 Å². The quantitative estimate of drug-likeness (QED) is 0.583. The van der Waals surface area contributed by atoms with Gasteiger partial charge < -0.3 is 0 Å². The zero-order chi connectivity index (χ0) is 6.85. The summed E-state index contributed by atoms with van der Waals surface area (Å²) in [7, 11) is 0. The number of thiazole rings is 1. The van der Waals surface area contributed by atoms with E-state index in [4.69, 9.17) is 0 Å². The van der Waals surface area contributed by atoms with E-state index in [2.05, 4.69) is 24.3 Å². The highest BCUT2D eigenvalue weighted by molar-refractivity contribution is 7.09. The first-order valence-electron chi connectivity index (χ1n) is 3.05. The Labute approximate surface area is 59.8 Å². The van der Waals surface area contributed by atoms with Crippen molar-refractivity contribution >= 4 is 11.3 Å². The Morgan fingerprint density at radius 3 is 2.44 bits per heavy atom. The standard InChI is InChI=1S/C7H10NS/c1-5(2)7-6(3)8-4-9-7/h5H,1-3H3. The van der Waals surface area contributed by atoms with Crippen LogP contribution in [0.15, 0.2) is 0 Å². The number of rotatable bonds is 1. The summed E-state index contributed by atoms with van der Waals surface area (Å²) < 4.78 is 0. The maximum absolute atomic E-state index is 4.03. The number of aromatic nitrogens is 1. The van der Waals surface area contributed by atoms with Crippen LogP contribution in [0.5, 0.6) is 0 Å². The van der Waals surface area contributed by atoms with Crippen LogP contribution in [0.4, 0.5) is 0 Å². The number of aryl methyl sites for hydroxylation is 1. The van der Waals surface area contributed by atoms with Crippen LogP contribution in [0, 0.1) is 12.4 Å². The second-order valence-corrected chi connectivity index (χ2v) is 3.24. The van der Waals surface area contributed by atoms with Gasteiger partial charge in [0.15, 0.2) is 5.51 Å². The van der Waals surface area contributed by atoms with Crippen molar-refractivity contribution in [2.75, 3.05) is 0 Å². The summed E-state index contributed by atoms with van der Waals surface area (Å²) in [6.45, 7) is 6.38. The molecule has 0 fully saturated rings. The second kappa shape index (κ2) is 2.48. The van der Waals surface area contributed by atoms with Gasteiger partial charge in [0.25, 0.3) is 0 Å². The minimum absolute atomic E-state index is 0.605. The van der Waals surface area contributed by atoms with Crippen molar-refractivity contribution in [3.05, 3.63) is 16.1 Å². The highest BCUT2D eigenvalue weighted by atomic mass is 32.1. The molecule has 0 aliphatic rings. The molecule has 0 aliphatic carbocycles. The maximum atomic E-state index is 4.03. The van der Waals surface area contributed by atoms with Crippen molar-refractivity contribution < 1.29 is 0 Å². The van der Waals surface area contributed by atoms with Gasteiger partial charge in [-0.15, -0.1) is 11.3 Å². The minimum atomic E-state index is 0.605. The van der Waals surface area contributed by atoms with Gasteiger partial charge in [0.2, 0.25) is 0 Å². The molecule has 0 aliphatic heterocycles. The van der Waals surface area contributed by atoms with Crippen LogP contribution in [0.2, 0.25) is 0 Å². The van der Waals surface area contributed by atoms with Gasteiger partial charge in [0, 0.05) is 4.88 Å². The molecule has 1 heterocycles. The van der Waals surface area contributed by atoms with Crippen LogP contribution in [0.25, 0.3) is 0 Å². The summed E-state index contributed by atoms with van der Waals surface area (Å²) in [4.78, 5) is 5.39. The lowest BCUT2D eigenvalue weighted by molar-refractivity contribution is 0.873. The third-order valence-electron chi connectivity index (χ3n) is 1.25. The normalized spacial score (nSPS) is 10.7. The van der Waals surface area contributed by atoms with Crippen molar-refractivity contribution in [2.45, 2.75) is 26.7 Å². The largest absolute Gasteiger partial charge is 0.239 e. The van der Waals surface area contributed by atoms with E-state index in [-0.39, 0.29) is 0 Å². The lowest BCUT2D eigenvalue weighted by Gasteiger charge is -1.98. The van der Waals surface area contributed by atoms with Crippen LogP contribution in [0.3, 0.4) is 0 Å². The van der Waals surface area contributed by atoms with Gasteiger partial charge in [0.05, 0.1) is 5.69 Å². The van der Waals surface area contributed by atoms with Crippen LogP contribution in [-0.2, 0) is 0 Å². The predicted molar refractivity (Wildman–Crippen MR) is 39.8 cm³/mol. The third-order valence-corrected chi connectivity index (χ3v) is 2.42. The molecule has 0 N–H and O–H groups in total. The van der Waals surface area contributed by atoms with Gasteiger partial charge in [-0.3, -0.25) is 0 Å². The molecular formula is C7H10NS. The van der Waals surface area contributed by atoms with Gasteiger partial charge in [-0.2, -0.15) is 0 Å². The molecule has 0 atom stereocenters. The van der Waals surface area contributed by atoms with Crippen molar-refractivity contribution in [3.8, 4) is 0 Å². The molecule has 0 bridgehead atoms. The Kier molecular flexibility index (Phi) is 1.86. The summed E-state index contributed by atoms with van der Waals surface area (Å²) in [5, 5.41) is 0. The van der Waals surface area contributed by atoms with Crippen LogP contribution >= 0.6 is 11.3 Å². The molecule has 1 nitrogen and oxygen atoms in total. The molecule has 0 unspecified atom stereocenters. The van der Waals surface area contributed by atoms with Gasteiger partial charge >= 0.3 is 0 Å². The van der Waals surface area contributed by atoms with Crippen molar-refractivity contribution in [2.24, 2.45) is 0 Å². The fourth-order valence-electron chi connectivity index (χ4n) is 0.805. The van der Waals surface area contributed by atoms with E-state index >= 15 is 0 Å². The maximum Gasteiger partial charge on any atom is 0.152 e. The average molecular weight is 140 g/mol. The molecule has 1 radical (unpaired) electrons. The van der Waals surface area contributed by atoms with Crippen LogP contribution in [0.1, 0.15) is 30.3 Å². The Balaban J connectivity index is 2.94. The first-order chi connectivity index (χ1) is 4.22. The van der Waals surface area contributed by atoms with E-state index in [0.29, 0.717) is 5.92 Å². The SMILES string of the molecule is Cc1n[c]sc1C(C)C. The summed E-state index contributed by atoms with van der Waals surface area (Å²) in [6.07, 6.45) is 0. The molecule has 1 aromatic heterocycles. The van der Waals surface area contributed by atoms with Crippen molar-refractivity contribution in [1.29, 1.82) is 0 Å². The van der Waals surface area contributed by atoms with Gasteiger partial charge in [0.1, 0.15) is 0 Å². The van der Waals surface area contributed by atoms with E-state index in [1.165, 1.54) is 4.88 Å². The Morgan fingerprint density at radius 2 is 2.22 bits per heavy atom. The lowest BCUT2D eigenvalue weighted by Crippen LogP contribution is -1.84. The number of hydrogen-bond donors (Lipinski definition) is 0. The topological polar surface area (TPSA) is 12.9 Å². The highest BCUT2D eigenvalue weighted by Gasteiger charge is 2.04. The molecule has 1 rings (SSSR count). The van der Waals surface area contributed by atoms with Crippen molar-refractivity contribution in [3.63, 3.8) is 0 Å². The van der Waals surface area contributed by atoms with E-state index in [1.807, 2.05) is 6.92 Å². The fraction of sp³-hybridized carbons (Fsp3) is 0.571. The Morgan fingerprint density at radius 1 is 1.56 bits per heavy atom. The van der Waals surface area contributed by atoms with Gasteiger partial charge in [-0.05, 0) is 12.8 Å². The van der Waals surface area contributed by atoms with E-state index in [0.717, 1.165) is 5.69 Å².